The van der Waals surface area contributed by atoms with E-state index in [1.165, 1.54) is 18.2 Å². The molecule has 1 unspecified atom stereocenters. The number of fused-ring (bicyclic) bond motifs is 1. The minimum Gasteiger partial charge on any atom is -0.491 e. The summed E-state index contributed by atoms with van der Waals surface area (Å²) in [7, 11) is 0. The quantitative estimate of drug-likeness (QED) is 0.835. The van der Waals surface area contributed by atoms with Crippen LogP contribution in [0.1, 0.15) is 25.7 Å². The Morgan fingerprint density at radius 3 is 2.50 bits per heavy atom. The summed E-state index contributed by atoms with van der Waals surface area (Å²) in [5, 5.41) is 12.7. The van der Waals surface area contributed by atoms with E-state index < -0.39 is 6.10 Å². The molecule has 2 aromatic carbocycles. The van der Waals surface area contributed by atoms with Gasteiger partial charge in [-0.05, 0) is 35.7 Å². The summed E-state index contributed by atoms with van der Waals surface area (Å²) in [5.74, 6) is 1.38. The van der Waals surface area contributed by atoms with Crippen molar-refractivity contribution in [2.24, 2.45) is 5.92 Å². The van der Waals surface area contributed by atoms with Crippen molar-refractivity contribution in [3.63, 3.8) is 0 Å². The lowest BCUT2D eigenvalue weighted by Gasteiger charge is -2.36. The van der Waals surface area contributed by atoms with Crippen molar-refractivity contribution >= 4 is 16.7 Å². The molecular formula is C23H30N2O3. The maximum Gasteiger partial charge on any atom is 0.225 e. The first kappa shape index (κ1) is 19.2. The third kappa shape index (κ3) is 4.65. The number of hydrogen-bond donors (Lipinski definition) is 1. The average molecular weight is 383 g/mol. The number of ether oxygens (including phenoxy) is 1. The van der Waals surface area contributed by atoms with E-state index in [2.05, 4.69) is 17.0 Å². The van der Waals surface area contributed by atoms with Crippen LogP contribution < -0.4 is 4.74 Å². The van der Waals surface area contributed by atoms with Crippen LogP contribution in [0.15, 0.2) is 42.5 Å². The Bertz CT molecular complexity index is 795. The molecule has 1 atom stereocenters. The molecule has 1 saturated heterocycles. The van der Waals surface area contributed by atoms with E-state index in [1.54, 1.807) is 0 Å². The number of aliphatic hydroxyl groups excluding tert-OH is 1. The van der Waals surface area contributed by atoms with Crippen molar-refractivity contribution < 1.29 is 14.6 Å². The van der Waals surface area contributed by atoms with E-state index in [0.717, 1.165) is 50.2 Å². The Morgan fingerprint density at radius 1 is 1.04 bits per heavy atom. The number of β-amino-alcohol motifs (C(OH)–C–C–N with tert-alkyl or cyclic N) is 1. The molecule has 1 saturated carbocycles. The molecule has 5 nitrogen and oxygen atoms in total. The van der Waals surface area contributed by atoms with Gasteiger partial charge in [0.05, 0.1) is 0 Å². The minimum absolute atomic E-state index is 0.257. The largest absolute Gasteiger partial charge is 0.491 e. The lowest BCUT2D eigenvalue weighted by molar-refractivity contribution is -0.137. The maximum atomic E-state index is 12.5. The molecule has 0 radical (unpaired) electrons. The molecule has 1 N–H and O–H groups in total. The zero-order chi connectivity index (χ0) is 19.3. The Hall–Kier alpha value is -2.11. The molecule has 150 valence electrons. The average Bonchev–Trinajstić information content (AvgIpc) is 3.27. The Kier molecular flexibility index (Phi) is 6.13. The number of hydrogen-bond acceptors (Lipinski definition) is 4. The smallest absolute Gasteiger partial charge is 0.225 e. The Morgan fingerprint density at radius 2 is 1.75 bits per heavy atom. The third-order valence-electron chi connectivity index (χ3n) is 6.02. The topological polar surface area (TPSA) is 53.0 Å². The van der Waals surface area contributed by atoms with Gasteiger partial charge in [0.25, 0.3) is 0 Å². The van der Waals surface area contributed by atoms with Gasteiger partial charge in [-0.2, -0.15) is 0 Å². The number of benzene rings is 2. The molecule has 1 aliphatic heterocycles. The Labute approximate surface area is 166 Å². The summed E-state index contributed by atoms with van der Waals surface area (Å²) in [4.78, 5) is 16.8. The Balaban J connectivity index is 1.21. The molecule has 0 spiro atoms. The van der Waals surface area contributed by atoms with Gasteiger partial charge < -0.3 is 14.7 Å². The van der Waals surface area contributed by atoms with Crippen molar-refractivity contribution in [3.05, 3.63) is 42.5 Å². The number of nitrogens with zero attached hydrogens (tertiary/aromatic N) is 2. The predicted octanol–water partition coefficient (Wildman–Crippen LogP) is 2.91. The van der Waals surface area contributed by atoms with Crippen molar-refractivity contribution in [1.82, 2.24) is 9.80 Å². The highest BCUT2D eigenvalue weighted by molar-refractivity contribution is 5.83. The fraction of sp³-hybridized carbons (Fsp3) is 0.522. The second-order valence-corrected chi connectivity index (χ2v) is 8.08. The second-order valence-electron chi connectivity index (χ2n) is 8.08. The zero-order valence-electron chi connectivity index (χ0n) is 16.4. The van der Waals surface area contributed by atoms with Crippen LogP contribution in [0.25, 0.3) is 10.8 Å². The summed E-state index contributed by atoms with van der Waals surface area (Å²) in [6.45, 7) is 4.05. The molecule has 1 amide bonds. The molecule has 28 heavy (non-hydrogen) atoms. The third-order valence-corrected chi connectivity index (χ3v) is 6.02. The SMILES string of the molecule is O=C(C1CCCC1)N1CCN(CC(O)COc2ccc3ccccc3c2)CC1. The van der Waals surface area contributed by atoms with Crippen molar-refractivity contribution in [1.29, 1.82) is 0 Å². The van der Waals surface area contributed by atoms with E-state index in [-0.39, 0.29) is 12.5 Å². The van der Waals surface area contributed by atoms with Crippen molar-refractivity contribution in [3.8, 4) is 5.75 Å². The molecule has 1 aliphatic carbocycles. The van der Waals surface area contributed by atoms with Crippen LogP contribution in [-0.4, -0.2) is 66.2 Å². The minimum atomic E-state index is -0.538. The van der Waals surface area contributed by atoms with Crippen LogP contribution in [-0.2, 0) is 4.79 Å². The first-order valence-corrected chi connectivity index (χ1v) is 10.5. The van der Waals surface area contributed by atoms with Crippen LogP contribution in [0.3, 0.4) is 0 Å². The van der Waals surface area contributed by atoms with Gasteiger partial charge in [-0.15, -0.1) is 0 Å². The second kappa shape index (κ2) is 8.93. The normalized spacial score (nSPS) is 19.8. The fourth-order valence-corrected chi connectivity index (χ4v) is 4.38. The maximum absolute atomic E-state index is 12.5. The molecule has 5 heteroatoms. The predicted molar refractivity (Wildman–Crippen MR) is 110 cm³/mol. The molecule has 4 rings (SSSR count). The first-order chi connectivity index (χ1) is 13.7. The van der Waals surface area contributed by atoms with E-state index in [0.29, 0.717) is 12.5 Å². The van der Waals surface area contributed by atoms with Gasteiger partial charge in [0.1, 0.15) is 18.5 Å². The van der Waals surface area contributed by atoms with E-state index >= 15 is 0 Å². The van der Waals surface area contributed by atoms with Crippen LogP contribution in [0.5, 0.6) is 5.75 Å². The molecule has 0 aromatic heterocycles. The van der Waals surface area contributed by atoms with E-state index in [1.807, 2.05) is 35.2 Å². The van der Waals surface area contributed by atoms with Gasteiger partial charge in [0.2, 0.25) is 5.91 Å². The highest BCUT2D eigenvalue weighted by Gasteiger charge is 2.29. The van der Waals surface area contributed by atoms with Crippen LogP contribution in [0.2, 0.25) is 0 Å². The summed E-state index contributed by atoms with van der Waals surface area (Å²) in [6, 6.07) is 14.2. The monoisotopic (exact) mass is 382 g/mol. The van der Waals surface area contributed by atoms with Gasteiger partial charge in [-0.3, -0.25) is 9.69 Å². The molecule has 2 fully saturated rings. The van der Waals surface area contributed by atoms with Crippen LogP contribution in [0.4, 0.5) is 0 Å². The summed E-state index contributed by atoms with van der Waals surface area (Å²) in [6.07, 6.45) is 3.97. The van der Waals surface area contributed by atoms with Crippen molar-refractivity contribution in [2.45, 2.75) is 31.8 Å². The number of carbonyl (C=O) groups is 1. The van der Waals surface area contributed by atoms with E-state index in [9.17, 15) is 9.90 Å². The summed E-state index contributed by atoms with van der Waals surface area (Å²) >= 11 is 0. The van der Waals surface area contributed by atoms with Gasteiger partial charge >= 0.3 is 0 Å². The number of carbonyl (C=O) groups excluding carboxylic acids is 1. The summed E-state index contributed by atoms with van der Waals surface area (Å²) < 4.78 is 5.80. The lowest BCUT2D eigenvalue weighted by atomic mass is 10.1. The summed E-state index contributed by atoms with van der Waals surface area (Å²) in [5.41, 5.74) is 0. The molecule has 2 aromatic rings. The zero-order valence-corrected chi connectivity index (χ0v) is 16.4. The van der Waals surface area contributed by atoms with Gasteiger partial charge in [0, 0.05) is 38.6 Å². The number of rotatable bonds is 6. The van der Waals surface area contributed by atoms with Gasteiger partial charge in [-0.1, -0.05) is 43.2 Å². The molecule has 1 heterocycles. The standard InChI is InChI=1S/C23H30N2O3/c26-21(17-28-22-10-9-18-5-1-4-8-20(18)15-22)16-24-11-13-25(14-12-24)23(27)19-6-2-3-7-19/h1,4-5,8-10,15,19,21,26H,2-3,6-7,11-14,16-17H2. The van der Waals surface area contributed by atoms with Gasteiger partial charge in [-0.25, -0.2) is 0 Å². The molecular weight excluding hydrogens is 352 g/mol. The lowest BCUT2D eigenvalue weighted by Crippen LogP contribution is -2.52. The number of piperazine rings is 1. The number of aliphatic hydroxyl groups is 1. The molecule has 0 bridgehead atoms. The van der Waals surface area contributed by atoms with Gasteiger partial charge in [0.15, 0.2) is 0 Å². The van der Waals surface area contributed by atoms with E-state index in [4.69, 9.17) is 4.74 Å². The fourth-order valence-electron chi connectivity index (χ4n) is 4.38. The number of amides is 1. The van der Waals surface area contributed by atoms with Crippen LogP contribution >= 0.6 is 0 Å². The van der Waals surface area contributed by atoms with Crippen LogP contribution in [0, 0.1) is 5.92 Å². The highest BCUT2D eigenvalue weighted by Crippen LogP contribution is 2.27. The van der Waals surface area contributed by atoms with Crippen molar-refractivity contribution in [2.75, 3.05) is 39.3 Å². The highest BCUT2D eigenvalue weighted by atomic mass is 16.5. The molecule has 2 aliphatic rings. The first-order valence-electron chi connectivity index (χ1n) is 10.5.